The molecule has 0 atom stereocenters. The molecule has 0 bridgehead atoms. The summed E-state index contributed by atoms with van der Waals surface area (Å²) in [5, 5.41) is 5.28. The highest BCUT2D eigenvalue weighted by Crippen LogP contribution is 2.28. The third-order valence-corrected chi connectivity index (χ3v) is 3.14. The molecule has 0 fully saturated rings. The van der Waals surface area contributed by atoms with Crippen molar-refractivity contribution >= 4 is 11.7 Å². The number of benzene rings is 2. The van der Waals surface area contributed by atoms with E-state index in [0.29, 0.717) is 17.2 Å². The van der Waals surface area contributed by atoms with E-state index in [2.05, 4.69) is 10.6 Å². The monoisotopic (exact) mass is 334 g/mol. The first-order valence-corrected chi connectivity index (χ1v) is 7.28. The molecule has 0 aromatic heterocycles. The molecule has 7 heteroatoms. The maximum Gasteiger partial charge on any atom is 0.319 e. The second kappa shape index (κ2) is 8.61. The lowest BCUT2D eigenvalue weighted by molar-refractivity contribution is 0.246. The van der Waals surface area contributed by atoms with Gasteiger partial charge in [-0.25, -0.2) is 9.18 Å². The number of hydrogen-bond donors (Lipinski definition) is 2. The summed E-state index contributed by atoms with van der Waals surface area (Å²) < 4.78 is 28.9. The highest BCUT2D eigenvalue weighted by atomic mass is 19.1. The van der Waals surface area contributed by atoms with Crippen molar-refractivity contribution in [2.75, 3.05) is 32.7 Å². The third-order valence-electron chi connectivity index (χ3n) is 3.14. The van der Waals surface area contributed by atoms with Gasteiger partial charge in [-0.3, -0.25) is 0 Å². The highest BCUT2D eigenvalue weighted by Gasteiger charge is 2.08. The van der Waals surface area contributed by atoms with Crippen molar-refractivity contribution in [2.24, 2.45) is 0 Å². The van der Waals surface area contributed by atoms with E-state index >= 15 is 0 Å². The fourth-order valence-corrected chi connectivity index (χ4v) is 1.96. The molecule has 0 saturated heterocycles. The molecule has 2 N–H and O–H groups in total. The van der Waals surface area contributed by atoms with Crippen LogP contribution >= 0.6 is 0 Å². The number of para-hydroxylation sites is 1. The van der Waals surface area contributed by atoms with Gasteiger partial charge in [0.15, 0.2) is 11.6 Å². The van der Waals surface area contributed by atoms with E-state index in [0.717, 1.165) is 0 Å². The molecule has 2 amide bonds. The maximum absolute atomic E-state index is 13.4. The Balaban J connectivity index is 1.80. The molecule has 6 nitrogen and oxygen atoms in total. The van der Waals surface area contributed by atoms with E-state index in [9.17, 15) is 9.18 Å². The summed E-state index contributed by atoms with van der Waals surface area (Å²) in [7, 11) is 3.05. The van der Waals surface area contributed by atoms with Crippen molar-refractivity contribution < 1.29 is 23.4 Å². The van der Waals surface area contributed by atoms with Crippen LogP contribution in [0.2, 0.25) is 0 Å². The molecule has 128 valence electrons. The number of carbonyl (C=O) groups is 1. The molecular weight excluding hydrogens is 315 g/mol. The van der Waals surface area contributed by atoms with Crippen LogP contribution in [0, 0.1) is 5.82 Å². The van der Waals surface area contributed by atoms with Crippen molar-refractivity contribution in [1.82, 2.24) is 5.32 Å². The molecule has 24 heavy (non-hydrogen) atoms. The minimum Gasteiger partial charge on any atom is -0.497 e. The van der Waals surface area contributed by atoms with Crippen LogP contribution in [-0.2, 0) is 0 Å². The third kappa shape index (κ3) is 4.77. The van der Waals surface area contributed by atoms with E-state index in [4.69, 9.17) is 14.2 Å². The van der Waals surface area contributed by atoms with Crippen LogP contribution in [0.15, 0.2) is 42.5 Å². The fraction of sp³-hybridized carbons (Fsp3) is 0.235. The summed E-state index contributed by atoms with van der Waals surface area (Å²) in [6.07, 6.45) is 0. The van der Waals surface area contributed by atoms with Crippen LogP contribution in [0.5, 0.6) is 17.2 Å². The number of methoxy groups -OCH3 is 2. The lowest BCUT2D eigenvalue weighted by Gasteiger charge is -2.12. The summed E-state index contributed by atoms with van der Waals surface area (Å²) in [5.74, 6) is 0.810. The van der Waals surface area contributed by atoms with Gasteiger partial charge in [-0.05, 0) is 24.3 Å². The number of rotatable bonds is 7. The van der Waals surface area contributed by atoms with Gasteiger partial charge in [-0.2, -0.15) is 0 Å². The lowest BCUT2D eigenvalue weighted by atomic mass is 10.2. The molecule has 0 spiro atoms. The van der Waals surface area contributed by atoms with Crippen LogP contribution in [0.25, 0.3) is 0 Å². The molecule has 0 unspecified atom stereocenters. The summed E-state index contributed by atoms with van der Waals surface area (Å²) in [5.41, 5.74) is 0.505. The first kappa shape index (κ1) is 17.4. The average Bonchev–Trinajstić information content (AvgIpc) is 2.60. The van der Waals surface area contributed by atoms with E-state index in [1.807, 2.05) is 0 Å². The van der Waals surface area contributed by atoms with Gasteiger partial charge in [0.1, 0.15) is 18.1 Å². The average molecular weight is 334 g/mol. The van der Waals surface area contributed by atoms with Gasteiger partial charge < -0.3 is 24.8 Å². The molecule has 2 rings (SSSR count). The molecule has 2 aromatic carbocycles. The van der Waals surface area contributed by atoms with Gasteiger partial charge in [0.2, 0.25) is 0 Å². The molecule has 0 aliphatic rings. The summed E-state index contributed by atoms with van der Waals surface area (Å²) in [6.45, 7) is 0.368. The minimum atomic E-state index is -0.440. The van der Waals surface area contributed by atoms with Gasteiger partial charge in [0.25, 0.3) is 0 Å². The first-order valence-electron chi connectivity index (χ1n) is 7.28. The van der Waals surface area contributed by atoms with E-state index in [-0.39, 0.29) is 18.9 Å². The standard InChI is InChI=1S/C17H19FN2O4/c1-22-12-7-8-14(16(11-12)23-2)20-17(21)19-9-10-24-15-6-4-3-5-13(15)18/h3-8,11H,9-10H2,1-2H3,(H2,19,20,21). The van der Waals surface area contributed by atoms with E-state index < -0.39 is 11.8 Å². The zero-order chi connectivity index (χ0) is 17.4. The Hall–Kier alpha value is -2.96. The second-order valence-electron chi connectivity index (χ2n) is 4.73. The predicted octanol–water partition coefficient (Wildman–Crippen LogP) is 3.04. The van der Waals surface area contributed by atoms with Crippen molar-refractivity contribution in [2.45, 2.75) is 0 Å². The zero-order valence-corrected chi connectivity index (χ0v) is 13.5. The number of carbonyl (C=O) groups excluding carboxylic acids is 1. The van der Waals surface area contributed by atoms with Crippen molar-refractivity contribution in [3.8, 4) is 17.2 Å². The fourth-order valence-electron chi connectivity index (χ4n) is 1.96. The SMILES string of the molecule is COc1ccc(NC(=O)NCCOc2ccccc2F)c(OC)c1. The molecule has 0 aliphatic carbocycles. The number of urea groups is 1. The molecule has 2 aromatic rings. The summed E-state index contributed by atoms with van der Waals surface area (Å²) >= 11 is 0. The Labute approximate surface area is 139 Å². The molecule has 0 aliphatic heterocycles. The lowest BCUT2D eigenvalue weighted by Crippen LogP contribution is -2.32. The molecule has 0 saturated carbocycles. The quantitative estimate of drug-likeness (QED) is 0.764. The Morgan fingerprint density at radius 1 is 1.08 bits per heavy atom. The van der Waals surface area contributed by atoms with Crippen LogP contribution in [0.4, 0.5) is 14.9 Å². The normalized spacial score (nSPS) is 9.96. The van der Waals surface area contributed by atoms with Crippen molar-refractivity contribution in [3.05, 3.63) is 48.3 Å². The molecule has 0 heterocycles. The zero-order valence-electron chi connectivity index (χ0n) is 13.5. The summed E-state index contributed by atoms with van der Waals surface area (Å²) in [6, 6.07) is 10.7. The number of amides is 2. The maximum atomic E-state index is 13.4. The van der Waals surface area contributed by atoms with Gasteiger partial charge >= 0.3 is 6.03 Å². The summed E-state index contributed by atoms with van der Waals surface area (Å²) in [4.78, 5) is 11.9. The predicted molar refractivity (Wildman–Crippen MR) is 88.5 cm³/mol. The highest BCUT2D eigenvalue weighted by molar-refractivity contribution is 5.91. The van der Waals surface area contributed by atoms with Crippen LogP contribution in [0.1, 0.15) is 0 Å². The van der Waals surface area contributed by atoms with Gasteiger partial charge in [-0.15, -0.1) is 0 Å². The van der Waals surface area contributed by atoms with E-state index in [1.165, 1.54) is 19.2 Å². The minimum absolute atomic E-state index is 0.147. The Morgan fingerprint density at radius 3 is 2.58 bits per heavy atom. The van der Waals surface area contributed by atoms with Gasteiger partial charge in [0, 0.05) is 6.07 Å². The van der Waals surface area contributed by atoms with Crippen LogP contribution in [-0.4, -0.2) is 33.4 Å². The van der Waals surface area contributed by atoms with Crippen molar-refractivity contribution in [3.63, 3.8) is 0 Å². The number of nitrogens with one attached hydrogen (secondary N) is 2. The van der Waals surface area contributed by atoms with E-state index in [1.54, 1.807) is 37.4 Å². The largest absolute Gasteiger partial charge is 0.497 e. The Morgan fingerprint density at radius 2 is 1.88 bits per heavy atom. The van der Waals surface area contributed by atoms with Gasteiger partial charge in [0.05, 0.1) is 26.5 Å². The first-order chi connectivity index (χ1) is 11.6. The number of anilines is 1. The van der Waals surface area contributed by atoms with Crippen molar-refractivity contribution in [1.29, 1.82) is 0 Å². The van der Waals surface area contributed by atoms with Crippen LogP contribution < -0.4 is 24.8 Å². The second-order valence-corrected chi connectivity index (χ2v) is 4.73. The number of halogens is 1. The smallest absolute Gasteiger partial charge is 0.319 e. The Kier molecular flexibility index (Phi) is 6.24. The number of hydrogen-bond acceptors (Lipinski definition) is 4. The molecule has 0 radical (unpaired) electrons. The Bertz CT molecular complexity index is 694. The van der Waals surface area contributed by atoms with Gasteiger partial charge in [-0.1, -0.05) is 12.1 Å². The molecular formula is C17H19FN2O4. The topological polar surface area (TPSA) is 68.8 Å². The number of ether oxygens (including phenoxy) is 3. The van der Waals surface area contributed by atoms with Crippen LogP contribution in [0.3, 0.4) is 0 Å².